The van der Waals surface area contributed by atoms with Crippen molar-refractivity contribution in [2.45, 2.75) is 71.4 Å². The van der Waals surface area contributed by atoms with Crippen LogP contribution in [0.15, 0.2) is 30.4 Å². The summed E-state index contributed by atoms with van der Waals surface area (Å²) in [5.41, 5.74) is 0.809. The maximum atomic E-state index is 13.4. The lowest BCUT2D eigenvalue weighted by Crippen LogP contribution is -2.54. The summed E-state index contributed by atoms with van der Waals surface area (Å²) in [6.45, 7) is 9.08. The SMILES string of the molecule is CCC(=O)N[C@@H](Cc1nc2ccc(Cl)cc2s1)C(=O)NC(CNC(=O)/C=C/CN1CCCCC1)[C@@H](C)CC. The van der Waals surface area contributed by atoms with Crippen LogP contribution in [-0.4, -0.2) is 65.9 Å². The third-order valence-corrected chi connectivity index (χ3v) is 8.26. The highest BCUT2D eigenvalue weighted by atomic mass is 35.5. The summed E-state index contributed by atoms with van der Waals surface area (Å²) in [6.07, 6.45) is 8.55. The fraction of sp³-hybridized carbons (Fsp3) is 0.571. The molecular formula is C28H40ClN5O3S. The Kier molecular flexibility index (Phi) is 12.0. The van der Waals surface area contributed by atoms with Crippen molar-refractivity contribution in [2.24, 2.45) is 5.92 Å². The normalized spacial score (nSPS) is 16.7. The van der Waals surface area contributed by atoms with Gasteiger partial charge >= 0.3 is 0 Å². The molecule has 2 aromatic rings. The minimum absolute atomic E-state index is 0.128. The molecule has 1 saturated heterocycles. The van der Waals surface area contributed by atoms with E-state index in [1.54, 1.807) is 19.1 Å². The number of aromatic nitrogens is 1. The van der Waals surface area contributed by atoms with E-state index >= 15 is 0 Å². The minimum atomic E-state index is -0.773. The van der Waals surface area contributed by atoms with E-state index in [0.717, 1.165) is 41.3 Å². The van der Waals surface area contributed by atoms with Crippen LogP contribution in [0.4, 0.5) is 0 Å². The van der Waals surface area contributed by atoms with Crippen molar-refractivity contribution < 1.29 is 14.4 Å². The summed E-state index contributed by atoms with van der Waals surface area (Å²) >= 11 is 7.57. The van der Waals surface area contributed by atoms with Crippen molar-refractivity contribution in [2.75, 3.05) is 26.2 Å². The molecule has 0 radical (unpaired) electrons. The Balaban J connectivity index is 1.62. The van der Waals surface area contributed by atoms with Gasteiger partial charge in [-0.25, -0.2) is 4.98 Å². The number of carbonyl (C=O) groups excluding carboxylic acids is 3. The standard InChI is InChI=1S/C28H40ClN5O3S/c1-4-19(3)23(18-30-26(36)10-9-15-34-13-7-6-8-14-34)33-28(37)22(31-25(35)5-2)17-27-32-21-12-11-20(29)16-24(21)38-27/h9-12,16,19,22-23H,4-8,13-15,17-18H2,1-3H3,(H,30,36)(H,31,35)(H,33,37)/b10-9+/t19-,22-,23?/m0/s1. The number of halogens is 1. The van der Waals surface area contributed by atoms with Crippen LogP contribution >= 0.6 is 22.9 Å². The van der Waals surface area contributed by atoms with E-state index in [2.05, 4.69) is 25.8 Å². The van der Waals surface area contributed by atoms with Gasteiger partial charge in [-0.3, -0.25) is 19.3 Å². The van der Waals surface area contributed by atoms with E-state index in [4.69, 9.17) is 11.6 Å². The largest absolute Gasteiger partial charge is 0.350 e. The first kappa shape index (κ1) is 30.1. The molecule has 0 bridgehead atoms. The molecule has 3 amide bonds. The molecule has 0 aliphatic carbocycles. The first-order chi connectivity index (χ1) is 18.3. The molecule has 8 nitrogen and oxygen atoms in total. The van der Waals surface area contributed by atoms with Crippen LogP contribution < -0.4 is 16.0 Å². The van der Waals surface area contributed by atoms with Crippen LogP contribution in [0.5, 0.6) is 0 Å². The molecule has 10 heteroatoms. The van der Waals surface area contributed by atoms with E-state index in [1.807, 2.05) is 32.1 Å². The number of carbonyl (C=O) groups is 3. The molecule has 0 saturated carbocycles. The molecule has 3 atom stereocenters. The number of fused-ring (bicyclic) bond motifs is 1. The van der Waals surface area contributed by atoms with Gasteiger partial charge in [-0.1, -0.05) is 51.3 Å². The zero-order chi connectivity index (χ0) is 27.5. The van der Waals surface area contributed by atoms with Crippen molar-refractivity contribution in [3.63, 3.8) is 0 Å². The summed E-state index contributed by atoms with van der Waals surface area (Å²) in [7, 11) is 0. The number of nitrogens with one attached hydrogen (secondary N) is 3. The molecule has 3 N–H and O–H groups in total. The molecule has 0 spiro atoms. The number of likely N-dealkylation sites (tertiary alicyclic amines) is 1. The molecule has 3 rings (SSSR count). The molecule has 1 unspecified atom stereocenters. The van der Waals surface area contributed by atoms with E-state index in [1.165, 1.54) is 30.6 Å². The summed E-state index contributed by atoms with van der Waals surface area (Å²) in [5, 5.41) is 10.2. The third-order valence-electron chi connectivity index (χ3n) is 6.98. The van der Waals surface area contributed by atoms with E-state index < -0.39 is 6.04 Å². The van der Waals surface area contributed by atoms with Crippen LogP contribution in [-0.2, 0) is 20.8 Å². The number of hydrogen-bond acceptors (Lipinski definition) is 6. The molecule has 1 aromatic heterocycles. The maximum Gasteiger partial charge on any atom is 0.243 e. The van der Waals surface area contributed by atoms with Gasteiger partial charge in [0.05, 0.1) is 15.2 Å². The quantitative estimate of drug-likeness (QED) is 0.320. The van der Waals surface area contributed by atoms with Gasteiger partial charge in [-0.15, -0.1) is 11.3 Å². The van der Waals surface area contributed by atoms with Gasteiger partial charge < -0.3 is 16.0 Å². The summed E-state index contributed by atoms with van der Waals surface area (Å²) in [4.78, 5) is 45.1. The second-order valence-corrected chi connectivity index (χ2v) is 11.5. The Morgan fingerprint density at radius 1 is 1.16 bits per heavy atom. The van der Waals surface area contributed by atoms with Gasteiger partial charge in [-0.2, -0.15) is 0 Å². The lowest BCUT2D eigenvalue weighted by Gasteiger charge is -2.27. The number of benzene rings is 1. The van der Waals surface area contributed by atoms with Crippen LogP contribution in [0.1, 0.15) is 57.9 Å². The Bertz CT molecular complexity index is 1120. The van der Waals surface area contributed by atoms with Crippen LogP contribution in [0.3, 0.4) is 0 Å². The lowest BCUT2D eigenvalue weighted by atomic mass is 9.98. The zero-order valence-corrected chi connectivity index (χ0v) is 24.2. The number of rotatable bonds is 13. The molecular weight excluding hydrogens is 522 g/mol. The van der Waals surface area contributed by atoms with Gasteiger partial charge in [0, 0.05) is 43.1 Å². The van der Waals surface area contributed by atoms with Gasteiger partial charge in [-0.05, 0) is 50.0 Å². The molecule has 1 aliphatic rings. The molecule has 1 aliphatic heterocycles. The fourth-order valence-electron chi connectivity index (χ4n) is 4.40. The highest BCUT2D eigenvalue weighted by Gasteiger charge is 2.27. The maximum absolute atomic E-state index is 13.4. The van der Waals surface area contributed by atoms with Crippen molar-refractivity contribution in [3.05, 3.63) is 40.4 Å². The van der Waals surface area contributed by atoms with Gasteiger partial charge in [0.25, 0.3) is 0 Å². The number of piperidine rings is 1. The van der Waals surface area contributed by atoms with Crippen LogP contribution in [0.2, 0.25) is 5.02 Å². The van der Waals surface area contributed by atoms with E-state index in [-0.39, 0.29) is 42.5 Å². The Labute approximate surface area is 234 Å². The molecule has 1 aromatic carbocycles. The second kappa shape index (κ2) is 15.2. The van der Waals surface area contributed by atoms with Crippen LogP contribution in [0.25, 0.3) is 10.2 Å². The van der Waals surface area contributed by atoms with E-state index in [0.29, 0.717) is 11.6 Å². The number of nitrogens with zero attached hydrogens (tertiary/aromatic N) is 2. The third kappa shape index (κ3) is 9.36. The fourth-order valence-corrected chi connectivity index (χ4v) is 5.69. The van der Waals surface area contributed by atoms with Crippen LogP contribution in [0, 0.1) is 5.92 Å². The van der Waals surface area contributed by atoms with Gasteiger partial charge in [0.15, 0.2) is 0 Å². The summed E-state index contributed by atoms with van der Waals surface area (Å²) in [5.74, 6) is -0.539. The van der Waals surface area contributed by atoms with Crippen molar-refractivity contribution >= 4 is 50.9 Å². The first-order valence-electron chi connectivity index (χ1n) is 13.6. The lowest BCUT2D eigenvalue weighted by molar-refractivity contribution is -0.129. The Hall–Kier alpha value is -2.49. The predicted octanol–water partition coefficient (Wildman–Crippen LogP) is 4.08. The molecule has 2 heterocycles. The number of thiazole rings is 1. The van der Waals surface area contributed by atoms with E-state index in [9.17, 15) is 14.4 Å². The highest BCUT2D eigenvalue weighted by molar-refractivity contribution is 7.18. The predicted molar refractivity (Wildman–Crippen MR) is 154 cm³/mol. The number of amides is 3. The van der Waals surface area contributed by atoms with Gasteiger partial charge in [0.2, 0.25) is 17.7 Å². The minimum Gasteiger partial charge on any atom is -0.350 e. The van der Waals surface area contributed by atoms with Crippen molar-refractivity contribution in [3.8, 4) is 0 Å². The smallest absolute Gasteiger partial charge is 0.243 e. The molecule has 208 valence electrons. The Morgan fingerprint density at radius 3 is 2.63 bits per heavy atom. The van der Waals surface area contributed by atoms with Crippen molar-refractivity contribution in [1.82, 2.24) is 25.8 Å². The zero-order valence-electron chi connectivity index (χ0n) is 22.6. The average molecular weight is 562 g/mol. The monoisotopic (exact) mass is 561 g/mol. The second-order valence-electron chi connectivity index (χ2n) is 9.91. The molecule has 1 fully saturated rings. The first-order valence-corrected chi connectivity index (χ1v) is 14.8. The summed E-state index contributed by atoms with van der Waals surface area (Å²) in [6, 6.07) is 4.43. The summed E-state index contributed by atoms with van der Waals surface area (Å²) < 4.78 is 0.932. The topological polar surface area (TPSA) is 103 Å². The highest BCUT2D eigenvalue weighted by Crippen LogP contribution is 2.26. The van der Waals surface area contributed by atoms with Crippen molar-refractivity contribution in [1.29, 1.82) is 0 Å². The Morgan fingerprint density at radius 2 is 1.92 bits per heavy atom. The van der Waals surface area contributed by atoms with Gasteiger partial charge in [0.1, 0.15) is 6.04 Å². The number of hydrogen-bond donors (Lipinski definition) is 3. The molecule has 38 heavy (non-hydrogen) atoms. The average Bonchev–Trinajstić information content (AvgIpc) is 3.31.